The van der Waals surface area contributed by atoms with Crippen molar-refractivity contribution in [3.8, 4) is 0 Å². The van der Waals surface area contributed by atoms with Crippen molar-refractivity contribution in [2.45, 2.75) is 19.4 Å². The van der Waals surface area contributed by atoms with Crippen molar-refractivity contribution in [3.63, 3.8) is 0 Å². The number of hydrogen-bond donors (Lipinski definition) is 2. The van der Waals surface area contributed by atoms with E-state index in [0.717, 1.165) is 28.1 Å². The van der Waals surface area contributed by atoms with Gasteiger partial charge in [0.1, 0.15) is 17.2 Å². The van der Waals surface area contributed by atoms with Crippen LogP contribution in [0.15, 0.2) is 36.1 Å². The molecule has 20 heavy (non-hydrogen) atoms. The Kier molecular flexibility index (Phi) is 3.47. The highest BCUT2D eigenvalue weighted by molar-refractivity contribution is 7.09. The molecule has 0 saturated carbocycles. The lowest BCUT2D eigenvalue weighted by atomic mass is 10.2. The van der Waals surface area contributed by atoms with Gasteiger partial charge in [0.05, 0.1) is 11.6 Å². The number of rotatable bonds is 4. The smallest absolute Gasteiger partial charge is 0.137 e. The van der Waals surface area contributed by atoms with Crippen LogP contribution in [0, 0.1) is 0 Å². The second kappa shape index (κ2) is 5.42. The first-order chi connectivity index (χ1) is 9.78. The summed E-state index contributed by atoms with van der Waals surface area (Å²) in [5.41, 5.74) is 7.44. The van der Waals surface area contributed by atoms with Crippen LogP contribution in [0.3, 0.4) is 0 Å². The number of anilines is 2. The number of nitrogens with zero attached hydrogens (tertiary/aromatic N) is 3. The number of fused-ring (bicyclic) bond motifs is 1. The molecule has 0 saturated heterocycles. The van der Waals surface area contributed by atoms with Crippen molar-refractivity contribution < 1.29 is 0 Å². The lowest BCUT2D eigenvalue weighted by Crippen LogP contribution is -2.11. The van der Waals surface area contributed by atoms with Gasteiger partial charge in [-0.3, -0.25) is 0 Å². The van der Waals surface area contributed by atoms with E-state index in [-0.39, 0.29) is 6.04 Å². The van der Waals surface area contributed by atoms with Gasteiger partial charge in [-0.25, -0.2) is 15.0 Å². The SMILES string of the molecule is CCC(Nc1ncnc2ccc(N)cc12)c1nccs1. The second-order valence-corrected chi connectivity index (χ2v) is 5.40. The van der Waals surface area contributed by atoms with Crippen LogP contribution in [0.25, 0.3) is 10.9 Å². The highest BCUT2D eigenvalue weighted by atomic mass is 32.1. The molecule has 102 valence electrons. The minimum Gasteiger partial charge on any atom is -0.399 e. The summed E-state index contributed by atoms with van der Waals surface area (Å²) in [5.74, 6) is 0.796. The number of benzene rings is 1. The molecule has 0 bridgehead atoms. The summed E-state index contributed by atoms with van der Waals surface area (Å²) in [6.07, 6.45) is 4.32. The van der Waals surface area contributed by atoms with Crippen molar-refractivity contribution in [1.82, 2.24) is 15.0 Å². The van der Waals surface area contributed by atoms with Gasteiger partial charge in [-0.15, -0.1) is 11.3 Å². The molecule has 1 atom stereocenters. The molecule has 0 aliphatic heterocycles. The van der Waals surface area contributed by atoms with Crippen LogP contribution in [0.1, 0.15) is 24.4 Å². The van der Waals surface area contributed by atoms with E-state index in [9.17, 15) is 0 Å². The molecule has 1 aromatic carbocycles. The molecule has 0 aliphatic rings. The quantitative estimate of drug-likeness (QED) is 0.720. The highest BCUT2D eigenvalue weighted by Gasteiger charge is 2.14. The molecule has 0 fully saturated rings. The van der Waals surface area contributed by atoms with Crippen LogP contribution >= 0.6 is 11.3 Å². The minimum atomic E-state index is 0.148. The molecule has 0 spiro atoms. The van der Waals surface area contributed by atoms with Gasteiger partial charge in [-0.2, -0.15) is 0 Å². The number of nitrogens with two attached hydrogens (primary N) is 1. The number of hydrogen-bond acceptors (Lipinski definition) is 6. The van der Waals surface area contributed by atoms with Crippen LogP contribution in [0.2, 0.25) is 0 Å². The Balaban J connectivity index is 1.99. The first-order valence-corrected chi connectivity index (χ1v) is 7.32. The van der Waals surface area contributed by atoms with Gasteiger partial charge in [-0.1, -0.05) is 6.92 Å². The molecule has 0 aliphatic carbocycles. The zero-order valence-corrected chi connectivity index (χ0v) is 11.9. The second-order valence-electron chi connectivity index (χ2n) is 4.47. The van der Waals surface area contributed by atoms with Crippen LogP contribution in [-0.4, -0.2) is 15.0 Å². The van der Waals surface area contributed by atoms with Crippen LogP contribution in [0.4, 0.5) is 11.5 Å². The molecule has 0 amide bonds. The molecule has 5 nitrogen and oxygen atoms in total. The van der Waals surface area contributed by atoms with E-state index in [1.807, 2.05) is 29.8 Å². The van der Waals surface area contributed by atoms with E-state index in [1.54, 1.807) is 17.7 Å². The molecular formula is C14H15N5S. The van der Waals surface area contributed by atoms with E-state index < -0.39 is 0 Å². The third kappa shape index (κ3) is 2.42. The van der Waals surface area contributed by atoms with Crippen molar-refractivity contribution in [1.29, 1.82) is 0 Å². The molecule has 2 aromatic heterocycles. The normalized spacial score (nSPS) is 12.4. The van der Waals surface area contributed by atoms with E-state index in [1.165, 1.54) is 0 Å². The molecule has 3 rings (SSSR count). The van der Waals surface area contributed by atoms with Crippen molar-refractivity contribution in [2.24, 2.45) is 0 Å². The average Bonchev–Trinajstić information content (AvgIpc) is 2.99. The first kappa shape index (κ1) is 12.8. The number of thiazole rings is 1. The Morgan fingerprint density at radius 2 is 2.20 bits per heavy atom. The van der Waals surface area contributed by atoms with Crippen molar-refractivity contribution in [3.05, 3.63) is 41.1 Å². The molecule has 2 heterocycles. The van der Waals surface area contributed by atoms with E-state index in [2.05, 4.69) is 27.2 Å². The predicted molar refractivity (Wildman–Crippen MR) is 82.7 cm³/mol. The fourth-order valence-electron chi connectivity index (χ4n) is 2.10. The Morgan fingerprint density at radius 3 is 2.95 bits per heavy atom. The van der Waals surface area contributed by atoms with Crippen LogP contribution in [0.5, 0.6) is 0 Å². The summed E-state index contributed by atoms with van der Waals surface area (Å²) in [4.78, 5) is 13.0. The van der Waals surface area contributed by atoms with Gasteiger partial charge in [0.2, 0.25) is 0 Å². The molecule has 1 unspecified atom stereocenters. The monoisotopic (exact) mass is 285 g/mol. The third-order valence-electron chi connectivity index (χ3n) is 3.13. The highest BCUT2D eigenvalue weighted by Crippen LogP contribution is 2.27. The fraction of sp³-hybridized carbons (Fsp3) is 0.214. The Labute approximate surface area is 120 Å². The molecule has 0 radical (unpaired) electrons. The number of aromatic nitrogens is 3. The van der Waals surface area contributed by atoms with Gasteiger partial charge in [0.25, 0.3) is 0 Å². The van der Waals surface area contributed by atoms with Gasteiger partial charge < -0.3 is 11.1 Å². The van der Waals surface area contributed by atoms with Gasteiger partial charge >= 0.3 is 0 Å². The van der Waals surface area contributed by atoms with Crippen molar-refractivity contribution >= 4 is 33.7 Å². The number of nitrogens with one attached hydrogen (secondary N) is 1. The van der Waals surface area contributed by atoms with E-state index >= 15 is 0 Å². The van der Waals surface area contributed by atoms with Gasteiger partial charge in [-0.05, 0) is 24.6 Å². The van der Waals surface area contributed by atoms with Crippen LogP contribution < -0.4 is 11.1 Å². The average molecular weight is 285 g/mol. The Morgan fingerprint density at radius 1 is 1.30 bits per heavy atom. The summed E-state index contributed by atoms with van der Waals surface area (Å²) >= 11 is 1.64. The lowest BCUT2D eigenvalue weighted by molar-refractivity contribution is 0.738. The maximum atomic E-state index is 5.86. The zero-order valence-electron chi connectivity index (χ0n) is 11.1. The first-order valence-electron chi connectivity index (χ1n) is 6.44. The van der Waals surface area contributed by atoms with Crippen LogP contribution in [-0.2, 0) is 0 Å². The maximum absolute atomic E-state index is 5.86. The lowest BCUT2D eigenvalue weighted by Gasteiger charge is -2.16. The predicted octanol–water partition coefficient (Wildman–Crippen LogP) is 3.23. The Bertz CT molecular complexity index is 711. The Hall–Kier alpha value is -2.21. The van der Waals surface area contributed by atoms with Gasteiger partial charge in [0, 0.05) is 22.7 Å². The summed E-state index contributed by atoms with van der Waals surface area (Å²) in [5, 5.41) is 7.42. The van der Waals surface area contributed by atoms with Gasteiger partial charge in [0.15, 0.2) is 0 Å². The summed E-state index contributed by atoms with van der Waals surface area (Å²) in [6.45, 7) is 2.12. The topological polar surface area (TPSA) is 76.7 Å². The largest absolute Gasteiger partial charge is 0.399 e. The third-order valence-corrected chi connectivity index (χ3v) is 4.02. The fourth-order valence-corrected chi connectivity index (χ4v) is 2.87. The molecule has 3 aromatic rings. The zero-order chi connectivity index (χ0) is 13.9. The molecule has 6 heteroatoms. The summed E-state index contributed by atoms with van der Waals surface area (Å²) in [7, 11) is 0. The van der Waals surface area contributed by atoms with E-state index in [0.29, 0.717) is 5.69 Å². The summed E-state index contributed by atoms with van der Waals surface area (Å²) in [6, 6.07) is 5.79. The van der Waals surface area contributed by atoms with E-state index in [4.69, 9.17) is 5.73 Å². The standard InChI is InChI=1S/C14H15N5S/c1-2-11(14-16-5-6-20-14)19-13-10-7-9(15)3-4-12(10)17-8-18-13/h3-8,11H,2,15H2,1H3,(H,17,18,19). The molecule has 3 N–H and O–H groups in total. The minimum absolute atomic E-state index is 0.148. The van der Waals surface area contributed by atoms with Crippen molar-refractivity contribution in [2.75, 3.05) is 11.1 Å². The number of nitrogen functional groups attached to an aromatic ring is 1. The summed E-state index contributed by atoms with van der Waals surface area (Å²) < 4.78 is 0. The molecular weight excluding hydrogens is 270 g/mol. The maximum Gasteiger partial charge on any atom is 0.137 e.